The molecule has 102 valence electrons. The van der Waals surface area contributed by atoms with Gasteiger partial charge >= 0.3 is 0 Å². The Labute approximate surface area is 112 Å². The van der Waals surface area contributed by atoms with Crippen molar-refractivity contribution in [3.63, 3.8) is 0 Å². The largest absolute Gasteiger partial charge is 0.496 e. The van der Waals surface area contributed by atoms with Crippen LogP contribution in [0.15, 0.2) is 24.3 Å². The van der Waals surface area contributed by atoms with Crippen molar-refractivity contribution in [1.29, 1.82) is 0 Å². The molecule has 1 atom stereocenters. The normalized spacial score (nSPS) is 12.7. The molecule has 1 unspecified atom stereocenters. The van der Waals surface area contributed by atoms with Crippen molar-refractivity contribution in [3.05, 3.63) is 29.8 Å². The van der Waals surface area contributed by atoms with Crippen molar-refractivity contribution in [2.45, 2.75) is 46.1 Å². The summed E-state index contributed by atoms with van der Waals surface area (Å²) < 4.78 is 5.51. The minimum absolute atomic E-state index is 0.399. The van der Waals surface area contributed by atoms with E-state index in [4.69, 9.17) is 4.74 Å². The van der Waals surface area contributed by atoms with Gasteiger partial charge in [0.2, 0.25) is 0 Å². The van der Waals surface area contributed by atoms with E-state index in [2.05, 4.69) is 44.3 Å². The molecule has 0 aliphatic carbocycles. The topological polar surface area (TPSA) is 21.3 Å². The molecular formula is C16H27NO. The zero-order valence-corrected chi connectivity index (χ0v) is 12.2. The molecule has 0 fully saturated rings. The van der Waals surface area contributed by atoms with Crippen molar-refractivity contribution in [2.75, 3.05) is 13.7 Å². The maximum atomic E-state index is 5.51. The van der Waals surface area contributed by atoms with E-state index in [0.717, 1.165) is 18.7 Å². The molecule has 0 saturated heterocycles. The summed E-state index contributed by atoms with van der Waals surface area (Å²) in [7, 11) is 1.75. The van der Waals surface area contributed by atoms with Gasteiger partial charge in [0.25, 0.3) is 0 Å². The van der Waals surface area contributed by atoms with Gasteiger partial charge in [-0.25, -0.2) is 0 Å². The number of nitrogens with one attached hydrogen (secondary N) is 1. The molecule has 0 aliphatic rings. The lowest BCUT2D eigenvalue weighted by atomic mass is 9.88. The van der Waals surface area contributed by atoms with Crippen LogP contribution < -0.4 is 10.1 Å². The van der Waals surface area contributed by atoms with Crippen molar-refractivity contribution in [3.8, 4) is 5.75 Å². The lowest BCUT2D eigenvalue weighted by Gasteiger charge is -2.28. The first-order chi connectivity index (χ1) is 8.78. The van der Waals surface area contributed by atoms with Crippen LogP contribution in [0.1, 0.15) is 51.6 Å². The second-order valence-electron chi connectivity index (χ2n) is 4.75. The van der Waals surface area contributed by atoms with Crippen LogP contribution in [0.25, 0.3) is 0 Å². The lowest BCUT2D eigenvalue weighted by Crippen LogP contribution is -2.29. The summed E-state index contributed by atoms with van der Waals surface area (Å²) in [5, 5.41) is 3.68. The highest BCUT2D eigenvalue weighted by molar-refractivity contribution is 5.36. The molecule has 18 heavy (non-hydrogen) atoms. The van der Waals surface area contributed by atoms with Gasteiger partial charge in [0.1, 0.15) is 5.75 Å². The predicted molar refractivity (Wildman–Crippen MR) is 78.1 cm³/mol. The molecule has 0 saturated carbocycles. The standard InChI is InChI=1S/C16H27NO/c1-5-12-17-16(13(6-2)7-3)14-10-8-9-11-15(14)18-4/h8-11,13,16-17H,5-7,12H2,1-4H3. The van der Waals surface area contributed by atoms with Gasteiger partial charge in [-0.15, -0.1) is 0 Å². The molecule has 0 heterocycles. The summed E-state index contributed by atoms with van der Waals surface area (Å²) in [6.07, 6.45) is 3.54. The van der Waals surface area contributed by atoms with Crippen LogP contribution in [-0.2, 0) is 0 Å². The molecular weight excluding hydrogens is 222 g/mol. The van der Waals surface area contributed by atoms with Crippen molar-refractivity contribution < 1.29 is 4.74 Å². The van der Waals surface area contributed by atoms with Crippen molar-refractivity contribution in [1.82, 2.24) is 5.32 Å². The maximum Gasteiger partial charge on any atom is 0.123 e. The zero-order chi connectivity index (χ0) is 13.4. The van der Waals surface area contributed by atoms with Crippen molar-refractivity contribution in [2.24, 2.45) is 5.92 Å². The number of methoxy groups -OCH3 is 1. The Hall–Kier alpha value is -1.02. The fourth-order valence-electron chi connectivity index (χ4n) is 2.51. The van der Waals surface area contributed by atoms with E-state index in [1.807, 2.05) is 6.07 Å². The molecule has 0 radical (unpaired) electrons. The molecule has 0 aliphatic heterocycles. The monoisotopic (exact) mass is 249 g/mol. The first-order valence-corrected chi connectivity index (χ1v) is 7.14. The smallest absolute Gasteiger partial charge is 0.123 e. The van der Waals surface area contributed by atoms with Crippen LogP contribution in [-0.4, -0.2) is 13.7 Å². The number of ether oxygens (including phenoxy) is 1. The molecule has 1 aromatic rings. The van der Waals surface area contributed by atoms with Gasteiger partial charge in [0, 0.05) is 11.6 Å². The highest BCUT2D eigenvalue weighted by Gasteiger charge is 2.22. The number of hydrogen-bond acceptors (Lipinski definition) is 2. The third-order valence-electron chi connectivity index (χ3n) is 3.61. The summed E-state index contributed by atoms with van der Waals surface area (Å²) in [5.74, 6) is 1.66. The van der Waals surface area contributed by atoms with Crippen LogP contribution in [0, 0.1) is 5.92 Å². The quantitative estimate of drug-likeness (QED) is 0.746. The summed E-state index contributed by atoms with van der Waals surface area (Å²) >= 11 is 0. The van der Waals surface area contributed by atoms with E-state index in [0.29, 0.717) is 12.0 Å². The van der Waals surface area contributed by atoms with Gasteiger partial charge in [-0.3, -0.25) is 0 Å². The molecule has 0 amide bonds. The number of para-hydroxylation sites is 1. The third-order valence-corrected chi connectivity index (χ3v) is 3.61. The summed E-state index contributed by atoms with van der Waals surface area (Å²) in [6, 6.07) is 8.77. The van der Waals surface area contributed by atoms with Crippen LogP contribution in [0.3, 0.4) is 0 Å². The number of benzene rings is 1. The van der Waals surface area contributed by atoms with Gasteiger partial charge in [-0.1, -0.05) is 51.8 Å². The third kappa shape index (κ3) is 3.74. The van der Waals surface area contributed by atoms with E-state index in [-0.39, 0.29) is 0 Å². The molecule has 1 rings (SSSR count). The first-order valence-electron chi connectivity index (χ1n) is 7.14. The van der Waals surface area contributed by atoms with Gasteiger partial charge in [0.05, 0.1) is 7.11 Å². The first kappa shape index (κ1) is 15.0. The Morgan fingerprint density at radius 1 is 1.11 bits per heavy atom. The van der Waals surface area contributed by atoms with Gasteiger partial charge < -0.3 is 10.1 Å². The minimum Gasteiger partial charge on any atom is -0.496 e. The Bertz CT molecular complexity index is 334. The molecule has 2 heteroatoms. The van der Waals surface area contributed by atoms with Gasteiger partial charge in [0.15, 0.2) is 0 Å². The van der Waals surface area contributed by atoms with Crippen LogP contribution >= 0.6 is 0 Å². The Morgan fingerprint density at radius 3 is 2.33 bits per heavy atom. The van der Waals surface area contributed by atoms with E-state index in [1.54, 1.807) is 7.11 Å². The summed E-state index contributed by atoms with van der Waals surface area (Å²) in [6.45, 7) is 7.80. The van der Waals surface area contributed by atoms with Gasteiger partial charge in [-0.05, 0) is 24.9 Å². The average molecular weight is 249 g/mol. The molecule has 0 bridgehead atoms. The number of hydrogen-bond donors (Lipinski definition) is 1. The second-order valence-corrected chi connectivity index (χ2v) is 4.75. The van der Waals surface area contributed by atoms with Gasteiger partial charge in [-0.2, -0.15) is 0 Å². The lowest BCUT2D eigenvalue weighted by molar-refractivity contribution is 0.326. The maximum absolute atomic E-state index is 5.51. The Balaban J connectivity index is 2.99. The SMILES string of the molecule is CCCNC(c1ccccc1OC)C(CC)CC. The molecule has 1 aromatic carbocycles. The highest BCUT2D eigenvalue weighted by atomic mass is 16.5. The van der Waals surface area contributed by atoms with Crippen LogP contribution in [0.4, 0.5) is 0 Å². The molecule has 2 nitrogen and oxygen atoms in total. The summed E-state index contributed by atoms with van der Waals surface area (Å²) in [4.78, 5) is 0. The fourth-order valence-corrected chi connectivity index (χ4v) is 2.51. The molecule has 1 N–H and O–H groups in total. The zero-order valence-electron chi connectivity index (χ0n) is 12.2. The average Bonchev–Trinajstić information content (AvgIpc) is 2.43. The van der Waals surface area contributed by atoms with E-state index >= 15 is 0 Å². The Morgan fingerprint density at radius 2 is 1.78 bits per heavy atom. The number of rotatable bonds is 8. The van der Waals surface area contributed by atoms with E-state index in [9.17, 15) is 0 Å². The summed E-state index contributed by atoms with van der Waals surface area (Å²) in [5.41, 5.74) is 1.29. The fraction of sp³-hybridized carbons (Fsp3) is 0.625. The molecule has 0 aromatic heterocycles. The van der Waals surface area contributed by atoms with Crippen LogP contribution in [0.5, 0.6) is 5.75 Å². The van der Waals surface area contributed by atoms with E-state index < -0.39 is 0 Å². The van der Waals surface area contributed by atoms with Crippen molar-refractivity contribution >= 4 is 0 Å². The van der Waals surface area contributed by atoms with Crippen LogP contribution in [0.2, 0.25) is 0 Å². The van der Waals surface area contributed by atoms with E-state index in [1.165, 1.54) is 18.4 Å². The minimum atomic E-state index is 0.399. The predicted octanol–water partition coefficient (Wildman–Crippen LogP) is 4.17. The Kier molecular flexibility index (Phi) is 6.81. The second kappa shape index (κ2) is 8.15. The highest BCUT2D eigenvalue weighted by Crippen LogP contribution is 2.33. The molecule has 0 spiro atoms.